The highest BCUT2D eigenvalue weighted by atomic mass is 35.5. The van der Waals surface area contributed by atoms with E-state index in [1.54, 1.807) is 0 Å². The average Bonchev–Trinajstić information content (AvgIpc) is 2.81. The Kier molecular flexibility index (Phi) is 11.2. The Morgan fingerprint density at radius 2 is 1.86 bits per heavy atom. The number of carbonyl (C=O) groups is 1. The summed E-state index contributed by atoms with van der Waals surface area (Å²) in [6.45, 7) is 2.16. The molecule has 17 heteroatoms. The van der Waals surface area contributed by atoms with Gasteiger partial charge in [0, 0.05) is 25.2 Å². The molecule has 36 heavy (non-hydrogen) atoms. The summed E-state index contributed by atoms with van der Waals surface area (Å²) < 4.78 is 102. The second-order valence-electron chi connectivity index (χ2n) is 6.65. The van der Waals surface area contributed by atoms with Gasteiger partial charge in [0.25, 0.3) is 5.91 Å². The summed E-state index contributed by atoms with van der Waals surface area (Å²) >= 11 is 11.6. The first-order chi connectivity index (χ1) is 16.9. The lowest BCUT2D eigenvalue weighted by Crippen LogP contribution is -2.33. The number of hydrogen-bond donors (Lipinski definition) is 1. The van der Waals surface area contributed by atoms with Gasteiger partial charge in [-0.25, -0.2) is 18.2 Å². The topological polar surface area (TPSA) is 116 Å². The molecule has 1 aromatic carbocycles. The number of aromatic nitrogens is 1. The van der Waals surface area contributed by atoms with Gasteiger partial charge in [-0.3, -0.25) is 4.79 Å². The Morgan fingerprint density at radius 1 is 1.19 bits per heavy atom. The number of rotatable bonds is 7. The van der Waals surface area contributed by atoms with E-state index in [-0.39, 0.29) is 16.5 Å². The van der Waals surface area contributed by atoms with Gasteiger partial charge in [0.15, 0.2) is 6.61 Å². The van der Waals surface area contributed by atoms with Crippen LogP contribution in [0.3, 0.4) is 0 Å². The van der Waals surface area contributed by atoms with Crippen LogP contribution >= 0.6 is 23.2 Å². The third-order valence-corrected chi connectivity index (χ3v) is 4.87. The normalized spacial score (nSPS) is 13.4. The van der Waals surface area contributed by atoms with Gasteiger partial charge in [0.05, 0.1) is 30.0 Å². The zero-order valence-corrected chi connectivity index (χ0v) is 20.1. The van der Waals surface area contributed by atoms with Crippen LogP contribution in [-0.4, -0.2) is 64.6 Å². The molecule has 0 bridgehead atoms. The first kappa shape index (κ1) is 29.6. The molecule has 1 amide bonds. The molecule has 1 aliphatic rings. The zero-order valence-electron chi connectivity index (χ0n) is 17.8. The van der Waals surface area contributed by atoms with Crippen molar-refractivity contribution in [3.05, 3.63) is 45.8 Å². The molecule has 2 aromatic rings. The fraction of sp³-hybridized carbons (Fsp3) is 0.368. The van der Waals surface area contributed by atoms with Gasteiger partial charge in [0.2, 0.25) is 5.88 Å². The van der Waals surface area contributed by atoms with Gasteiger partial charge >= 0.3 is 22.8 Å². The van der Waals surface area contributed by atoms with Gasteiger partial charge in [-0.05, 0) is 6.07 Å². The lowest BCUT2D eigenvalue weighted by atomic mass is 10.2. The SMILES string of the molecule is C1COCCN1.O=C(N=S(=O)=O)c1cc(Cl)c(Oc2cnc(OCC(F)(F)C(F)F)c(Cl)c2)cc1F. The monoisotopic (exact) mass is 579 g/mol. The molecule has 1 aromatic heterocycles. The van der Waals surface area contributed by atoms with Gasteiger partial charge in [-0.1, -0.05) is 27.6 Å². The molecule has 1 N–H and O–H groups in total. The number of nitrogens with zero attached hydrogens (tertiary/aromatic N) is 2. The van der Waals surface area contributed by atoms with E-state index in [2.05, 4.69) is 19.4 Å². The highest BCUT2D eigenvalue weighted by molar-refractivity contribution is 7.62. The smallest absolute Gasteiger partial charge is 0.340 e. The number of halogens is 7. The lowest BCUT2D eigenvalue weighted by Gasteiger charge is -2.16. The van der Waals surface area contributed by atoms with E-state index in [4.69, 9.17) is 32.7 Å². The Bertz CT molecular complexity index is 1200. The highest BCUT2D eigenvalue weighted by Gasteiger charge is 2.42. The van der Waals surface area contributed by atoms with Crippen LogP contribution in [0.25, 0.3) is 0 Å². The Morgan fingerprint density at radius 3 is 2.36 bits per heavy atom. The summed E-state index contributed by atoms with van der Waals surface area (Å²) in [4.78, 5) is 15.0. The maximum absolute atomic E-state index is 14.0. The van der Waals surface area contributed by atoms with E-state index in [1.165, 1.54) is 0 Å². The Hall–Kier alpha value is -2.59. The third-order valence-electron chi connectivity index (χ3n) is 3.99. The minimum absolute atomic E-state index is 0.182. The van der Waals surface area contributed by atoms with Crippen LogP contribution < -0.4 is 14.8 Å². The van der Waals surface area contributed by atoms with Crippen molar-refractivity contribution in [2.75, 3.05) is 32.9 Å². The van der Waals surface area contributed by atoms with Crippen molar-refractivity contribution in [2.45, 2.75) is 12.3 Å². The van der Waals surface area contributed by atoms with Crippen LogP contribution in [0.2, 0.25) is 10.0 Å². The van der Waals surface area contributed by atoms with E-state index in [1.807, 2.05) is 0 Å². The molecule has 0 spiro atoms. The maximum atomic E-state index is 14.0. The predicted octanol–water partition coefficient (Wildman–Crippen LogP) is 4.41. The highest BCUT2D eigenvalue weighted by Crippen LogP contribution is 2.35. The number of carbonyl (C=O) groups excluding carboxylic acids is 1. The number of pyridine rings is 1. The van der Waals surface area contributed by atoms with Crippen molar-refractivity contribution in [3.8, 4) is 17.4 Å². The summed E-state index contributed by atoms with van der Waals surface area (Å²) in [5, 5.41) is 2.45. The first-order valence-corrected chi connectivity index (χ1v) is 11.4. The van der Waals surface area contributed by atoms with E-state index >= 15 is 0 Å². The third kappa shape index (κ3) is 9.13. The molecule has 2 heterocycles. The molecule has 9 nitrogen and oxygen atoms in total. The van der Waals surface area contributed by atoms with Crippen LogP contribution in [0.1, 0.15) is 10.4 Å². The summed E-state index contributed by atoms with van der Waals surface area (Å²) in [5.74, 6) is -8.14. The van der Waals surface area contributed by atoms with Crippen LogP contribution in [-0.2, 0) is 15.2 Å². The van der Waals surface area contributed by atoms with Crippen molar-refractivity contribution < 1.29 is 49.4 Å². The molecular weight excluding hydrogens is 564 g/mol. The van der Waals surface area contributed by atoms with Gasteiger partial charge in [-0.15, -0.1) is 0 Å². The minimum atomic E-state index is -4.42. The number of hydrogen-bond acceptors (Lipinski definition) is 8. The van der Waals surface area contributed by atoms with Crippen molar-refractivity contribution in [2.24, 2.45) is 4.36 Å². The van der Waals surface area contributed by atoms with Crippen molar-refractivity contribution in [1.29, 1.82) is 0 Å². The number of amides is 1. The number of alkyl halides is 4. The predicted molar refractivity (Wildman–Crippen MR) is 117 cm³/mol. The molecule has 0 aliphatic carbocycles. The van der Waals surface area contributed by atoms with Crippen LogP contribution in [0.5, 0.6) is 17.4 Å². The van der Waals surface area contributed by atoms with Crippen LogP contribution in [0.4, 0.5) is 22.0 Å². The molecule has 1 saturated heterocycles. The first-order valence-electron chi connectivity index (χ1n) is 9.66. The molecular formula is C19H16Cl2F5N3O6S. The molecule has 0 saturated carbocycles. The van der Waals surface area contributed by atoms with E-state index in [0.29, 0.717) is 6.07 Å². The molecule has 198 valence electrons. The number of ether oxygens (including phenoxy) is 3. The molecule has 3 rings (SSSR count). The Balaban J connectivity index is 0.000000662. The zero-order chi connectivity index (χ0) is 26.9. The summed E-state index contributed by atoms with van der Waals surface area (Å²) in [7, 11) is -3.10. The fourth-order valence-electron chi connectivity index (χ4n) is 2.33. The van der Waals surface area contributed by atoms with Gasteiger partial charge < -0.3 is 19.5 Å². The average molecular weight is 580 g/mol. The molecule has 1 fully saturated rings. The maximum Gasteiger partial charge on any atom is 0.340 e. The van der Waals surface area contributed by atoms with E-state index in [9.17, 15) is 35.2 Å². The van der Waals surface area contributed by atoms with Crippen LogP contribution in [0, 0.1) is 5.82 Å². The Labute approximate surface area is 212 Å². The molecule has 0 atom stereocenters. The summed E-state index contributed by atoms with van der Waals surface area (Å²) in [6.07, 6.45) is -3.06. The largest absolute Gasteiger partial charge is 0.470 e. The number of nitrogens with one attached hydrogen (secondary N) is 1. The fourth-order valence-corrected chi connectivity index (χ4v) is 2.97. The number of benzene rings is 1. The van der Waals surface area contributed by atoms with E-state index in [0.717, 1.165) is 44.6 Å². The lowest BCUT2D eigenvalue weighted by molar-refractivity contribution is -0.148. The number of morpholine rings is 1. The summed E-state index contributed by atoms with van der Waals surface area (Å²) in [5.41, 5.74) is -0.739. The van der Waals surface area contributed by atoms with Crippen molar-refractivity contribution >= 4 is 39.6 Å². The molecule has 1 aliphatic heterocycles. The molecule has 0 unspecified atom stereocenters. The van der Waals surface area contributed by atoms with Gasteiger partial charge in [0.1, 0.15) is 22.3 Å². The van der Waals surface area contributed by atoms with Gasteiger partial charge in [-0.2, -0.15) is 17.2 Å². The van der Waals surface area contributed by atoms with Crippen LogP contribution in [0.15, 0.2) is 28.8 Å². The van der Waals surface area contributed by atoms with E-state index < -0.39 is 57.6 Å². The second-order valence-corrected chi connectivity index (χ2v) is 8.08. The van der Waals surface area contributed by atoms with Crippen molar-refractivity contribution in [1.82, 2.24) is 10.3 Å². The van der Waals surface area contributed by atoms with Crippen molar-refractivity contribution in [3.63, 3.8) is 0 Å². The minimum Gasteiger partial charge on any atom is -0.470 e. The molecule has 0 radical (unpaired) electrons. The quantitative estimate of drug-likeness (QED) is 0.479. The summed E-state index contributed by atoms with van der Waals surface area (Å²) in [6, 6.07) is 2.41. The second kappa shape index (κ2) is 13.6. The standard InChI is InChI=1S/C15H7Cl2F5N2O5S.C4H9NO/c16-8-2-7(12(25)24-30(26)27)10(18)3-11(8)29-6-1-9(17)13(23-4-6)28-5-15(21,22)14(19)20;1-3-6-4-2-5-1/h1-4,14H,5H2;5H,1-4H2.